The van der Waals surface area contributed by atoms with Crippen molar-refractivity contribution in [2.24, 2.45) is 5.73 Å². The molecule has 0 bridgehead atoms. The van der Waals surface area contributed by atoms with Gasteiger partial charge >= 0.3 is 0 Å². The molecule has 0 amide bonds. The fourth-order valence-corrected chi connectivity index (χ4v) is 4.01. The Labute approximate surface area is 105 Å². The van der Waals surface area contributed by atoms with E-state index in [9.17, 15) is 0 Å². The first-order chi connectivity index (χ1) is 8.27. The molecule has 17 heavy (non-hydrogen) atoms. The lowest BCUT2D eigenvalue weighted by Crippen LogP contribution is -2.58. The number of nitrogens with zero attached hydrogens (tertiary/aromatic N) is 1. The van der Waals surface area contributed by atoms with Gasteiger partial charge in [-0.15, -0.1) is 0 Å². The molecule has 3 rings (SSSR count). The van der Waals surface area contributed by atoms with Crippen LogP contribution in [0.15, 0.2) is 0 Å². The normalized spacial score (nSPS) is 37.9. The Morgan fingerprint density at radius 3 is 2.71 bits per heavy atom. The van der Waals surface area contributed by atoms with Gasteiger partial charge in [0.2, 0.25) is 0 Å². The van der Waals surface area contributed by atoms with Gasteiger partial charge in [-0.1, -0.05) is 25.7 Å². The van der Waals surface area contributed by atoms with E-state index in [2.05, 4.69) is 4.90 Å². The van der Waals surface area contributed by atoms with Crippen molar-refractivity contribution in [2.75, 3.05) is 19.7 Å². The number of hydrogen-bond acceptors (Lipinski definition) is 3. The Morgan fingerprint density at radius 1 is 1.12 bits per heavy atom. The summed E-state index contributed by atoms with van der Waals surface area (Å²) in [6.07, 6.45) is 10.9. The molecule has 1 heterocycles. The molecule has 2 N–H and O–H groups in total. The van der Waals surface area contributed by atoms with Crippen LogP contribution in [0.1, 0.15) is 51.4 Å². The smallest absolute Gasteiger partial charge is 0.0730 e. The van der Waals surface area contributed by atoms with E-state index in [1.165, 1.54) is 51.4 Å². The third-order valence-electron chi connectivity index (χ3n) is 4.96. The maximum absolute atomic E-state index is 6.53. The van der Waals surface area contributed by atoms with Crippen molar-refractivity contribution in [3.63, 3.8) is 0 Å². The molecular weight excluding hydrogens is 212 g/mol. The van der Waals surface area contributed by atoms with E-state index in [0.29, 0.717) is 12.1 Å². The number of morpholine rings is 1. The van der Waals surface area contributed by atoms with E-state index in [1.54, 1.807) is 0 Å². The van der Waals surface area contributed by atoms with Gasteiger partial charge in [0.05, 0.1) is 12.7 Å². The predicted molar refractivity (Wildman–Crippen MR) is 69.0 cm³/mol. The summed E-state index contributed by atoms with van der Waals surface area (Å²) in [6.45, 7) is 3.12. The van der Waals surface area contributed by atoms with E-state index >= 15 is 0 Å². The molecule has 3 aliphatic rings. The second-order valence-electron chi connectivity index (χ2n) is 6.30. The third-order valence-corrected chi connectivity index (χ3v) is 4.96. The summed E-state index contributed by atoms with van der Waals surface area (Å²) in [5, 5.41) is 0. The monoisotopic (exact) mass is 238 g/mol. The molecule has 0 aromatic carbocycles. The summed E-state index contributed by atoms with van der Waals surface area (Å²) < 4.78 is 5.93. The average Bonchev–Trinajstić information content (AvgIpc) is 2.76. The molecule has 1 aliphatic heterocycles. The Balaban J connectivity index is 1.64. The Kier molecular flexibility index (Phi) is 3.42. The number of rotatable bonds is 2. The van der Waals surface area contributed by atoms with Gasteiger partial charge < -0.3 is 10.5 Å². The van der Waals surface area contributed by atoms with Crippen LogP contribution < -0.4 is 5.73 Å². The standard InChI is InChI=1S/C14H26N2O/c15-14(7-3-4-8-14)11-16-9-10-17-13-6-2-1-5-12(13)16/h12-13H,1-11,15H2. The van der Waals surface area contributed by atoms with Gasteiger partial charge in [-0.05, 0) is 25.7 Å². The van der Waals surface area contributed by atoms with E-state index in [1.807, 2.05) is 0 Å². The summed E-state index contributed by atoms with van der Waals surface area (Å²) in [6, 6.07) is 0.665. The van der Waals surface area contributed by atoms with Crippen LogP contribution in [-0.2, 0) is 4.74 Å². The topological polar surface area (TPSA) is 38.5 Å². The van der Waals surface area contributed by atoms with Gasteiger partial charge in [0.1, 0.15) is 0 Å². The van der Waals surface area contributed by atoms with Crippen LogP contribution in [-0.4, -0.2) is 42.3 Å². The van der Waals surface area contributed by atoms with Crippen molar-refractivity contribution in [3.05, 3.63) is 0 Å². The van der Waals surface area contributed by atoms with Crippen molar-refractivity contribution >= 4 is 0 Å². The Morgan fingerprint density at radius 2 is 1.88 bits per heavy atom. The van der Waals surface area contributed by atoms with Crippen molar-refractivity contribution in [1.82, 2.24) is 4.90 Å². The first-order valence-corrected chi connectivity index (χ1v) is 7.41. The second kappa shape index (κ2) is 4.87. The minimum atomic E-state index is 0.110. The molecule has 2 aliphatic carbocycles. The van der Waals surface area contributed by atoms with Crippen LogP contribution in [0.25, 0.3) is 0 Å². The molecule has 3 nitrogen and oxygen atoms in total. The Hall–Kier alpha value is -0.120. The van der Waals surface area contributed by atoms with Crippen LogP contribution >= 0.6 is 0 Å². The van der Waals surface area contributed by atoms with E-state index in [0.717, 1.165) is 19.7 Å². The van der Waals surface area contributed by atoms with Gasteiger partial charge in [-0.2, -0.15) is 0 Å². The lowest BCUT2D eigenvalue weighted by molar-refractivity contribution is -0.0931. The molecule has 3 heteroatoms. The maximum atomic E-state index is 6.53. The molecule has 2 saturated carbocycles. The zero-order valence-electron chi connectivity index (χ0n) is 10.9. The molecule has 1 saturated heterocycles. The summed E-state index contributed by atoms with van der Waals surface area (Å²) in [5.74, 6) is 0. The molecular formula is C14H26N2O. The van der Waals surface area contributed by atoms with E-state index in [4.69, 9.17) is 10.5 Å². The number of hydrogen-bond donors (Lipinski definition) is 1. The fourth-order valence-electron chi connectivity index (χ4n) is 4.01. The quantitative estimate of drug-likeness (QED) is 0.798. The van der Waals surface area contributed by atoms with Crippen LogP contribution in [0.4, 0.5) is 0 Å². The fraction of sp³-hybridized carbons (Fsp3) is 1.00. The van der Waals surface area contributed by atoms with Crippen LogP contribution in [0, 0.1) is 0 Å². The summed E-state index contributed by atoms with van der Waals surface area (Å²) in [4.78, 5) is 2.65. The molecule has 0 aromatic heterocycles. The number of ether oxygens (including phenoxy) is 1. The number of fused-ring (bicyclic) bond motifs is 1. The average molecular weight is 238 g/mol. The highest BCUT2D eigenvalue weighted by Gasteiger charge is 2.39. The maximum Gasteiger partial charge on any atom is 0.0730 e. The van der Waals surface area contributed by atoms with Gasteiger partial charge in [-0.3, -0.25) is 4.90 Å². The SMILES string of the molecule is NC1(CN2CCOC3CCCCC32)CCCC1. The van der Waals surface area contributed by atoms with Crippen molar-refractivity contribution in [2.45, 2.75) is 69.1 Å². The van der Waals surface area contributed by atoms with Gasteiger partial charge in [-0.25, -0.2) is 0 Å². The predicted octanol–water partition coefficient (Wildman–Crippen LogP) is 1.90. The van der Waals surface area contributed by atoms with Gasteiger partial charge in [0.25, 0.3) is 0 Å². The molecule has 2 atom stereocenters. The van der Waals surface area contributed by atoms with E-state index in [-0.39, 0.29) is 5.54 Å². The first kappa shape index (κ1) is 11.9. The number of nitrogens with two attached hydrogens (primary N) is 1. The highest BCUT2D eigenvalue weighted by Crippen LogP contribution is 2.33. The van der Waals surface area contributed by atoms with Gasteiger partial charge in [0, 0.05) is 24.7 Å². The lowest BCUT2D eigenvalue weighted by Gasteiger charge is -2.46. The molecule has 0 aromatic rings. The largest absolute Gasteiger partial charge is 0.375 e. The Bertz CT molecular complexity index is 261. The highest BCUT2D eigenvalue weighted by molar-refractivity contribution is 4.96. The minimum Gasteiger partial charge on any atom is -0.375 e. The molecule has 0 spiro atoms. The van der Waals surface area contributed by atoms with Crippen molar-refractivity contribution < 1.29 is 4.74 Å². The highest BCUT2D eigenvalue weighted by atomic mass is 16.5. The summed E-state index contributed by atoms with van der Waals surface area (Å²) >= 11 is 0. The zero-order valence-corrected chi connectivity index (χ0v) is 10.9. The minimum absolute atomic E-state index is 0.110. The van der Waals surface area contributed by atoms with E-state index < -0.39 is 0 Å². The lowest BCUT2D eigenvalue weighted by atomic mass is 9.88. The van der Waals surface area contributed by atoms with Crippen LogP contribution in [0.2, 0.25) is 0 Å². The molecule has 3 fully saturated rings. The summed E-state index contributed by atoms with van der Waals surface area (Å²) in [5.41, 5.74) is 6.64. The summed E-state index contributed by atoms with van der Waals surface area (Å²) in [7, 11) is 0. The molecule has 98 valence electrons. The first-order valence-electron chi connectivity index (χ1n) is 7.41. The van der Waals surface area contributed by atoms with Crippen molar-refractivity contribution in [1.29, 1.82) is 0 Å². The molecule has 2 unspecified atom stereocenters. The third kappa shape index (κ3) is 2.51. The molecule has 0 radical (unpaired) electrons. The van der Waals surface area contributed by atoms with Crippen molar-refractivity contribution in [3.8, 4) is 0 Å². The van der Waals surface area contributed by atoms with Crippen LogP contribution in [0.5, 0.6) is 0 Å². The van der Waals surface area contributed by atoms with Crippen LogP contribution in [0.3, 0.4) is 0 Å². The van der Waals surface area contributed by atoms with Gasteiger partial charge in [0.15, 0.2) is 0 Å². The second-order valence-corrected chi connectivity index (χ2v) is 6.30. The zero-order chi connectivity index (χ0) is 11.7.